The van der Waals surface area contributed by atoms with Crippen molar-refractivity contribution in [2.75, 3.05) is 13.7 Å². The predicted octanol–water partition coefficient (Wildman–Crippen LogP) is 1.04. The Balaban J connectivity index is 2.44. The largest absolute Gasteiger partial charge is 0.480 e. The number of rotatable bonds is 5. The minimum atomic E-state index is -0.179. The van der Waals surface area contributed by atoms with E-state index in [0.29, 0.717) is 17.9 Å². The Labute approximate surface area is 117 Å². The third-order valence-corrected chi connectivity index (χ3v) is 3.12. The van der Waals surface area contributed by atoms with Crippen molar-refractivity contribution in [1.82, 2.24) is 14.7 Å². The van der Waals surface area contributed by atoms with E-state index in [9.17, 15) is 4.79 Å². The molecule has 0 aliphatic carbocycles. The van der Waals surface area contributed by atoms with Crippen LogP contribution in [-0.4, -0.2) is 28.9 Å². The molecule has 0 atom stereocenters. The van der Waals surface area contributed by atoms with Crippen LogP contribution in [0.15, 0.2) is 18.3 Å². The van der Waals surface area contributed by atoms with Crippen molar-refractivity contribution in [3.63, 3.8) is 0 Å². The van der Waals surface area contributed by atoms with Gasteiger partial charge in [-0.15, -0.1) is 0 Å². The molecule has 0 bridgehead atoms. The summed E-state index contributed by atoms with van der Waals surface area (Å²) in [7, 11) is 1.57. The Morgan fingerprint density at radius 1 is 1.55 bits per heavy atom. The van der Waals surface area contributed by atoms with Gasteiger partial charge in [0.15, 0.2) is 18.0 Å². The molecule has 2 aromatic rings. The fraction of sp³-hybridized carbons (Fsp3) is 0.429. The SMILES string of the molecule is CNC(=O)COc1cccn2c(CN)c(C(C)C)nc12. The first-order valence-corrected chi connectivity index (χ1v) is 6.61. The lowest BCUT2D eigenvalue weighted by atomic mass is 10.1. The van der Waals surface area contributed by atoms with Crippen LogP contribution in [0.2, 0.25) is 0 Å². The van der Waals surface area contributed by atoms with Gasteiger partial charge in [0.25, 0.3) is 5.91 Å². The van der Waals surface area contributed by atoms with E-state index in [1.807, 2.05) is 16.7 Å². The summed E-state index contributed by atoms with van der Waals surface area (Å²) in [5, 5.41) is 2.52. The molecule has 0 fully saturated rings. The maximum Gasteiger partial charge on any atom is 0.257 e. The summed E-state index contributed by atoms with van der Waals surface area (Å²) in [6.07, 6.45) is 1.91. The first-order chi connectivity index (χ1) is 9.58. The lowest BCUT2D eigenvalue weighted by Crippen LogP contribution is -2.24. The molecule has 108 valence electrons. The molecule has 2 heterocycles. The molecule has 0 saturated carbocycles. The van der Waals surface area contributed by atoms with Crippen LogP contribution in [0.4, 0.5) is 0 Å². The third kappa shape index (κ3) is 2.60. The lowest BCUT2D eigenvalue weighted by Gasteiger charge is -2.07. The van der Waals surface area contributed by atoms with E-state index in [-0.39, 0.29) is 18.4 Å². The molecule has 1 amide bonds. The smallest absolute Gasteiger partial charge is 0.257 e. The zero-order valence-corrected chi connectivity index (χ0v) is 12.0. The number of hydrogen-bond acceptors (Lipinski definition) is 4. The van der Waals surface area contributed by atoms with Gasteiger partial charge in [-0.2, -0.15) is 0 Å². The Morgan fingerprint density at radius 2 is 2.30 bits per heavy atom. The Bertz CT molecular complexity index is 619. The average Bonchev–Trinajstić information content (AvgIpc) is 2.83. The number of fused-ring (bicyclic) bond motifs is 1. The van der Waals surface area contributed by atoms with Gasteiger partial charge in [0.05, 0.1) is 11.4 Å². The number of hydrogen-bond donors (Lipinski definition) is 2. The number of nitrogens with zero attached hydrogens (tertiary/aromatic N) is 2. The molecule has 6 nitrogen and oxygen atoms in total. The minimum absolute atomic E-state index is 0.0298. The fourth-order valence-corrected chi connectivity index (χ4v) is 2.10. The number of pyridine rings is 1. The van der Waals surface area contributed by atoms with Crippen LogP contribution in [0.25, 0.3) is 5.65 Å². The topological polar surface area (TPSA) is 81.6 Å². The number of amides is 1. The molecular weight excluding hydrogens is 256 g/mol. The highest BCUT2D eigenvalue weighted by Gasteiger charge is 2.16. The zero-order valence-electron chi connectivity index (χ0n) is 12.0. The minimum Gasteiger partial charge on any atom is -0.480 e. The molecule has 0 aromatic carbocycles. The molecule has 0 aliphatic rings. The first-order valence-electron chi connectivity index (χ1n) is 6.61. The Morgan fingerprint density at radius 3 is 2.90 bits per heavy atom. The number of nitrogens with two attached hydrogens (primary N) is 1. The van der Waals surface area contributed by atoms with Gasteiger partial charge in [-0.1, -0.05) is 13.8 Å². The van der Waals surface area contributed by atoms with E-state index in [0.717, 1.165) is 11.4 Å². The number of likely N-dealkylation sites (N-methyl/N-ethyl adjacent to an activating group) is 1. The standard InChI is InChI=1S/C14H20N4O2/c1-9(2)13-10(7-15)18-6-4-5-11(14(18)17-13)20-8-12(19)16-3/h4-6,9H,7-8,15H2,1-3H3,(H,16,19). The van der Waals surface area contributed by atoms with Gasteiger partial charge in [-0.05, 0) is 18.1 Å². The number of ether oxygens (including phenoxy) is 1. The Hall–Kier alpha value is -2.08. The van der Waals surface area contributed by atoms with Crippen LogP contribution in [0.1, 0.15) is 31.2 Å². The van der Waals surface area contributed by atoms with Gasteiger partial charge in [0.1, 0.15) is 0 Å². The lowest BCUT2D eigenvalue weighted by molar-refractivity contribution is -0.122. The van der Waals surface area contributed by atoms with Crippen molar-refractivity contribution in [1.29, 1.82) is 0 Å². The molecule has 2 rings (SSSR count). The molecule has 3 N–H and O–H groups in total. The van der Waals surface area contributed by atoms with Gasteiger partial charge in [0, 0.05) is 19.8 Å². The highest BCUT2D eigenvalue weighted by molar-refractivity contribution is 5.77. The van der Waals surface area contributed by atoms with Crippen molar-refractivity contribution >= 4 is 11.6 Å². The molecule has 0 unspecified atom stereocenters. The second-order valence-corrected chi connectivity index (χ2v) is 4.83. The van der Waals surface area contributed by atoms with Crippen molar-refractivity contribution in [2.45, 2.75) is 26.3 Å². The van der Waals surface area contributed by atoms with Crippen LogP contribution in [0.3, 0.4) is 0 Å². The van der Waals surface area contributed by atoms with Gasteiger partial charge >= 0.3 is 0 Å². The molecule has 0 saturated heterocycles. The highest BCUT2D eigenvalue weighted by Crippen LogP contribution is 2.26. The molecular formula is C14H20N4O2. The number of carbonyl (C=O) groups is 1. The maximum atomic E-state index is 11.3. The van der Waals surface area contributed by atoms with E-state index < -0.39 is 0 Å². The molecule has 0 radical (unpaired) electrons. The van der Waals surface area contributed by atoms with Crippen molar-refractivity contribution in [3.8, 4) is 5.75 Å². The van der Waals surface area contributed by atoms with Crippen LogP contribution in [0.5, 0.6) is 5.75 Å². The summed E-state index contributed by atoms with van der Waals surface area (Å²) in [5.41, 5.74) is 8.46. The average molecular weight is 276 g/mol. The van der Waals surface area contributed by atoms with Crippen molar-refractivity contribution in [2.24, 2.45) is 5.73 Å². The third-order valence-electron chi connectivity index (χ3n) is 3.12. The molecule has 20 heavy (non-hydrogen) atoms. The Kier molecular flexibility index (Phi) is 4.24. The normalized spacial score (nSPS) is 11.1. The van der Waals surface area contributed by atoms with Gasteiger partial charge in [-0.25, -0.2) is 4.98 Å². The number of carbonyl (C=O) groups excluding carboxylic acids is 1. The van der Waals surface area contributed by atoms with Crippen LogP contribution in [0, 0.1) is 0 Å². The van der Waals surface area contributed by atoms with E-state index in [1.54, 1.807) is 13.1 Å². The van der Waals surface area contributed by atoms with E-state index in [1.165, 1.54) is 0 Å². The first kappa shape index (κ1) is 14.3. The molecule has 6 heteroatoms. The summed E-state index contributed by atoms with van der Waals surface area (Å²) in [6, 6.07) is 3.66. The summed E-state index contributed by atoms with van der Waals surface area (Å²) < 4.78 is 7.45. The fourth-order valence-electron chi connectivity index (χ4n) is 2.10. The van der Waals surface area contributed by atoms with Crippen LogP contribution >= 0.6 is 0 Å². The summed E-state index contributed by atoms with van der Waals surface area (Å²) in [4.78, 5) is 15.9. The number of nitrogens with one attached hydrogen (secondary N) is 1. The second-order valence-electron chi connectivity index (χ2n) is 4.83. The molecule has 0 spiro atoms. The summed E-state index contributed by atoms with van der Waals surface area (Å²) in [6.45, 7) is 4.53. The van der Waals surface area contributed by atoms with E-state index in [4.69, 9.17) is 10.5 Å². The summed E-state index contributed by atoms with van der Waals surface area (Å²) >= 11 is 0. The van der Waals surface area contributed by atoms with E-state index in [2.05, 4.69) is 24.1 Å². The number of aromatic nitrogens is 2. The van der Waals surface area contributed by atoms with Gasteiger partial charge in [0.2, 0.25) is 0 Å². The molecule has 0 aliphatic heterocycles. The zero-order chi connectivity index (χ0) is 14.7. The maximum absolute atomic E-state index is 11.3. The van der Waals surface area contributed by atoms with Crippen molar-refractivity contribution in [3.05, 3.63) is 29.7 Å². The molecule has 2 aromatic heterocycles. The highest BCUT2D eigenvalue weighted by atomic mass is 16.5. The summed E-state index contributed by atoms with van der Waals surface area (Å²) in [5.74, 6) is 0.680. The van der Waals surface area contributed by atoms with E-state index >= 15 is 0 Å². The van der Waals surface area contributed by atoms with Crippen molar-refractivity contribution < 1.29 is 9.53 Å². The van der Waals surface area contributed by atoms with Gasteiger partial charge < -0.3 is 15.8 Å². The quantitative estimate of drug-likeness (QED) is 0.855. The van der Waals surface area contributed by atoms with Crippen LogP contribution in [-0.2, 0) is 11.3 Å². The monoisotopic (exact) mass is 276 g/mol. The van der Waals surface area contributed by atoms with Gasteiger partial charge in [-0.3, -0.25) is 9.20 Å². The predicted molar refractivity (Wildman–Crippen MR) is 76.7 cm³/mol. The number of imidazole rings is 1. The second kappa shape index (κ2) is 5.92. The van der Waals surface area contributed by atoms with Crippen LogP contribution < -0.4 is 15.8 Å².